The molecule has 0 fully saturated rings. The summed E-state index contributed by atoms with van der Waals surface area (Å²) in [5.41, 5.74) is 4.93. The number of hydrazone groups is 1. The first-order valence-corrected chi connectivity index (χ1v) is 10.9. The minimum absolute atomic E-state index is 0.164. The van der Waals surface area contributed by atoms with E-state index in [1.54, 1.807) is 6.21 Å². The van der Waals surface area contributed by atoms with Gasteiger partial charge in [0.2, 0.25) is 5.95 Å². The Kier molecular flexibility index (Phi) is 8.42. The number of H-pyrrole nitrogens is 1. The number of nitrogens with one attached hydrogen (secondary N) is 2. The third kappa shape index (κ3) is 6.19. The summed E-state index contributed by atoms with van der Waals surface area (Å²) in [5, 5.41) is 5.42. The van der Waals surface area contributed by atoms with E-state index >= 15 is 0 Å². The van der Waals surface area contributed by atoms with Crippen molar-refractivity contribution in [2.75, 3.05) is 36.6 Å². The summed E-state index contributed by atoms with van der Waals surface area (Å²) >= 11 is 0. The molecule has 0 saturated carbocycles. The first-order chi connectivity index (χ1) is 15.6. The van der Waals surface area contributed by atoms with E-state index < -0.39 is 0 Å². The molecule has 0 amide bonds. The SMILES string of the molecule is C=C(COc1nc(N/N=C/c2c[nH]c3ccccc23)nc(N(CCC)CCC)n1)OCC. The average molecular weight is 438 g/mol. The Morgan fingerprint density at radius 1 is 1.16 bits per heavy atom. The van der Waals surface area contributed by atoms with Gasteiger partial charge < -0.3 is 19.4 Å². The summed E-state index contributed by atoms with van der Waals surface area (Å²) < 4.78 is 11.1. The van der Waals surface area contributed by atoms with Crippen molar-refractivity contribution >= 4 is 29.0 Å². The van der Waals surface area contributed by atoms with Gasteiger partial charge in [0.15, 0.2) is 0 Å². The number of anilines is 2. The van der Waals surface area contributed by atoms with Crippen LogP contribution in [0.1, 0.15) is 39.2 Å². The standard InChI is InChI=1S/C23H31N7O2/c1-5-12-30(13-6-2)22-26-21(27-23(28-22)32-16-17(4)31-7-3)29-25-15-18-14-24-20-11-9-8-10-19(18)20/h8-11,14-15,24H,4-7,12-13,16H2,1-3H3,(H,26,27,28,29)/b25-15+. The van der Waals surface area contributed by atoms with Gasteiger partial charge in [0.25, 0.3) is 5.95 Å². The van der Waals surface area contributed by atoms with E-state index in [1.807, 2.05) is 37.4 Å². The minimum Gasteiger partial charge on any atom is -0.495 e. The molecule has 0 aliphatic heterocycles. The molecule has 9 nitrogen and oxygen atoms in total. The zero-order valence-electron chi connectivity index (χ0n) is 19.0. The summed E-state index contributed by atoms with van der Waals surface area (Å²) in [6.45, 7) is 12.3. The van der Waals surface area contributed by atoms with Crippen LogP contribution < -0.4 is 15.1 Å². The fourth-order valence-electron chi connectivity index (χ4n) is 3.20. The number of hydrogen-bond acceptors (Lipinski definition) is 8. The molecule has 3 rings (SSSR count). The van der Waals surface area contributed by atoms with Gasteiger partial charge in [-0.3, -0.25) is 0 Å². The van der Waals surface area contributed by atoms with E-state index in [-0.39, 0.29) is 12.6 Å². The quantitative estimate of drug-likeness (QED) is 0.233. The molecule has 0 atom stereocenters. The molecule has 0 aliphatic rings. The molecule has 2 heterocycles. The fraction of sp³-hybridized carbons (Fsp3) is 0.391. The normalized spacial score (nSPS) is 11.1. The Hall–Kier alpha value is -3.62. The highest BCUT2D eigenvalue weighted by Crippen LogP contribution is 2.18. The highest BCUT2D eigenvalue weighted by Gasteiger charge is 2.14. The second kappa shape index (κ2) is 11.7. The number of fused-ring (bicyclic) bond motifs is 1. The van der Waals surface area contributed by atoms with Crippen molar-refractivity contribution in [2.24, 2.45) is 5.10 Å². The van der Waals surface area contributed by atoms with Crippen LogP contribution >= 0.6 is 0 Å². The van der Waals surface area contributed by atoms with Crippen LogP contribution in [0.5, 0.6) is 6.01 Å². The number of nitrogens with zero attached hydrogens (tertiary/aromatic N) is 5. The van der Waals surface area contributed by atoms with E-state index in [1.165, 1.54) is 0 Å². The van der Waals surface area contributed by atoms with Crippen LogP contribution in [0, 0.1) is 0 Å². The van der Waals surface area contributed by atoms with Gasteiger partial charge in [-0.2, -0.15) is 20.1 Å². The van der Waals surface area contributed by atoms with Gasteiger partial charge in [0.1, 0.15) is 12.4 Å². The minimum atomic E-state index is 0.164. The van der Waals surface area contributed by atoms with Crippen LogP contribution in [0.2, 0.25) is 0 Å². The molecule has 0 saturated heterocycles. The van der Waals surface area contributed by atoms with Gasteiger partial charge in [-0.1, -0.05) is 38.6 Å². The maximum atomic E-state index is 5.71. The first kappa shape index (κ1) is 23.1. The van der Waals surface area contributed by atoms with Crippen LogP contribution in [0.3, 0.4) is 0 Å². The summed E-state index contributed by atoms with van der Waals surface area (Å²) in [6, 6.07) is 8.24. The molecule has 0 unspecified atom stereocenters. The second-order valence-corrected chi connectivity index (χ2v) is 7.15. The van der Waals surface area contributed by atoms with Crippen molar-refractivity contribution < 1.29 is 9.47 Å². The lowest BCUT2D eigenvalue weighted by atomic mass is 10.2. The van der Waals surface area contributed by atoms with Crippen LogP contribution in [0.15, 0.2) is 47.9 Å². The van der Waals surface area contributed by atoms with E-state index in [4.69, 9.17) is 9.47 Å². The third-order valence-electron chi connectivity index (χ3n) is 4.57. The Bertz CT molecular complexity index is 1040. The molecular formula is C23H31N7O2. The second-order valence-electron chi connectivity index (χ2n) is 7.15. The lowest BCUT2D eigenvalue weighted by molar-refractivity contribution is 0.176. The highest BCUT2D eigenvalue weighted by molar-refractivity contribution is 5.99. The topological polar surface area (TPSA) is 101 Å². The number of para-hydroxylation sites is 1. The lowest BCUT2D eigenvalue weighted by Gasteiger charge is -2.21. The number of benzene rings is 1. The Morgan fingerprint density at radius 3 is 2.69 bits per heavy atom. The van der Waals surface area contributed by atoms with Gasteiger partial charge in [0.05, 0.1) is 12.8 Å². The van der Waals surface area contributed by atoms with Crippen molar-refractivity contribution in [3.63, 3.8) is 0 Å². The van der Waals surface area contributed by atoms with E-state index in [9.17, 15) is 0 Å². The zero-order chi connectivity index (χ0) is 22.8. The van der Waals surface area contributed by atoms with Gasteiger partial charge in [-0.15, -0.1) is 0 Å². The molecule has 3 aromatic rings. The van der Waals surface area contributed by atoms with Crippen molar-refractivity contribution in [1.29, 1.82) is 0 Å². The Labute approximate surface area is 188 Å². The largest absolute Gasteiger partial charge is 0.495 e. The molecule has 2 N–H and O–H groups in total. The summed E-state index contributed by atoms with van der Waals surface area (Å²) in [6.07, 6.45) is 5.59. The van der Waals surface area contributed by atoms with Crippen LogP contribution in [-0.4, -0.2) is 52.5 Å². The monoisotopic (exact) mass is 437 g/mol. The molecule has 0 spiro atoms. The van der Waals surface area contributed by atoms with Crippen LogP contribution in [0.25, 0.3) is 10.9 Å². The number of hydrogen-bond donors (Lipinski definition) is 2. The fourth-order valence-corrected chi connectivity index (χ4v) is 3.20. The summed E-state index contributed by atoms with van der Waals surface area (Å²) in [4.78, 5) is 18.7. The van der Waals surface area contributed by atoms with Gasteiger partial charge in [-0.05, 0) is 25.8 Å². The Morgan fingerprint density at radius 2 is 1.94 bits per heavy atom. The first-order valence-electron chi connectivity index (χ1n) is 10.9. The van der Waals surface area contributed by atoms with Crippen molar-refractivity contribution in [3.05, 3.63) is 48.4 Å². The smallest absolute Gasteiger partial charge is 0.323 e. The predicted molar refractivity (Wildman–Crippen MR) is 128 cm³/mol. The molecule has 1 aromatic carbocycles. The van der Waals surface area contributed by atoms with E-state index in [0.29, 0.717) is 24.3 Å². The molecular weight excluding hydrogens is 406 g/mol. The molecule has 9 heteroatoms. The summed E-state index contributed by atoms with van der Waals surface area (Å²) in [7, 11) is 0. The zero-order valence-corrected chi connectivity index (χ0v) is 19.0. The lowest BCUT2D eigenvalue weighted by Crippen LogP contribution is -2.27. The molecule has 0 bridgehead atoms. The van der Waals surface area contributed by atoms with Crippen LogP contribution in [-0.2, 0) is 4.74 Å². The number of ether oxygens (including phenoxy) is 2. The molecule has 2 aromatic heterocycles. The average Bonchev–Trinajstić information content (AvgIpc) is 3.21. The van der Waals surface area contributed by atoms with E-state index in [0.717, 1.165) is 42.4 Å². The predicted octanol–water partition coefficient (Wildman–Crippen LogP) is 4.35. The number of rotatable bonds is 13. The van der Waals surface area contributed by atoms with Crippen molar-refractivity contribution in [2.45, 2.75) is 33.6 Å². The van der Waals surface area contributed by atoms with Crippen LogP contribution in [0.4, 0.5) is 11.9 Å². The number of aromatic amines is 1. The van der Waals surface area contributed by atoms with Crippen molar-refractivity contribution in [3.8, 4) is 6.01 Å². The van der Waals surface area contributed by atoms with Gasteiger partial charge in [-0.25, -0.2) is 5.43 Å². The maximum Gasteiger partial charge on any atom is 0.323 e. The van der Waals surface area contributed by atoms with Crippen molar-refractivity contribution in [1.82, 2.24) is 19.9 Å². The molecule has 32 heavy (non-hydrogen) atoms. The van der Waals surface area contributed by atoms with Gasteiger partial charge in [0, 0.05) is 35.8 Å². The van der Waals surface area contributed by atoms with Gasteiger partial charge >= 0.3 is 6.01 Å². The Balaban J connectivity index is 1.81. The molecule has 0 aliphatic carbocycles. The highest BCUT2D eigenvalue weighted by atomic mass is 16.5. The summed E-state index contributed by atoms with van der Waals surface area (Å²) in [5.74, 6) is 1.37. The molecule has 170 valence electrons. The van der Waals surface area contributed by atoms with E-state index in [2.05, 4.69) is 55.8 Å². The molecule has 0 radical (unpaired) electrons. The number of aromatic nitrogens is 4. The third-order valence-corrected chi connectivity index (χ3v) is 4.57. The maximum absolute atomic E-state index is 5.71.